The number of aliphatic carboxylic acids is 1. The van der Waals surface area contributed by atoms with Gasteiger partial charge in [0.2, 0.25) is 0 Å². The first kappa shape index (κ1) is 24.8. The summed E-state index contributed by atoms with van der Waals surface area (Å²) in [6.45, 7) is 16.0. The van der Waals surface area contributed by atoms with Crippen LogP contribution in [0.15, 0.2) is 11.6 Å². The van der Waals surface area contributed by atoms with E-state index in [4.69, 9.17) is 0 Å². The molecule has 0 radical (unpaired) electrons. The average Bonchev–Trinajstić information content (AvgIpc) is 2.74. The molecular weight excluding hydrogens is 424 g/mol. The Morgan fingerprint density at radius 2 is 1.59 bits per heavy atom. The number of aliphatic hydroxyl groups is 2. The summed E-state index contributed by atoms with van der Waals surface area (Å²) >= 11 is 0. The lowest BCUT2D eigenvalue weighted by atomic mass is 9.33. The van der Waals surface area contributed by atoms with Gasteiger partial charge in [-0.1, -0.05) is 53.2 Å². The minimum Gasteiger partial charge on any atom is -0.481 e. The maximum atomic E-state index is 12.8. The molecule has 192 valence electrons. The summed E-state index contributed by atoms with van der Waals surface area (Å²) < 4.78 is 0. The number of allylic oxidation sites excluding steroid dienone is 1. The first-order valence-corrected chi connectivity index (χ1v) is 13.9. The van der Waals surface area contributed by atoms with Crippen molar-refractivity contribution < 1.29 is 20.1 Å². The van der Waals surface area contributed by atoms with Gasteiger partial charge in [0.25, 0.3) is 0 Å². The molecule has 0 aromatic rings. The summed E-state index contributed by atoms with van der Waals surface area (Å²) in [5.74, 6) is 0.0848. The van der Waals surface area contributed by atoms with Crippen molar-refractivity contribution in [1.82, 2.24) is 0 Å². The predicted molar refractivity (Wildman–Crippen MR) is 134 cm³/mol. The quantitative estimate of drug-likeness (QED) is 0.397. The molecule has 34 heavy (non-hydrogen) atoms. The van der Waals surface area contributed by atoms with Gasteiger partial charge in [-0.25, -0.2) is 0 Å². The minimum absolute atomic E-state index is 0.0716. The molecule has 0 amide bonds. The van der Waals surface area contributed by atoms with Crippen molar-refractivity contribution in [3.63, 3.8) is 0 Å². The van der Waals surface area contributed by atoms with E-state index in [1.54, 1.807) is 0 Å². The summed E-state index contributed by atoms with van der Waals surface area (Å²) in [6, 6.07) is 0. The molecule has 0 aromatic heterocycles. The molecule has 10 atom stereocenters. The molecule has 3 N–H and O–H groups in total. The molecule has 0 aromatic carbocycles. The molecular formula is C30H48O4. The van der Waals surface area contributed by atoms with E-state index in [2.05, 4.69) is 47.6 Å². The van der Waals surface area contributed by atoms with Gasteiger partial charge in [-0.15, -0.1) is 0 Å². The number of aliphatic hydroxyl groups excluding tert-OH is 1. The van der Waals surface area contributed by atoms with Crippen molar-refractivity contribution in [2.75, 3.05) is 0 Å². The molecule has 5 aliphatic carbocycles. The average molecular weight is 473 g/mol. The third kappa shape index (κ3) is 2.71. The van der Waals surface area contributed by atoms with Gasteiger partial charge in [0.1, 0.15) is 0 Å². The molecule has 0 saturated heterocycles. The lowest BCUT2D eigenvalue weighted by Crippen LogP contribution is -2.67. The van der Waals surface area contributed by atoms with E-state index >= 15 is 0 Å². The molecule has 4 nitrogen and oxygen atoms in total. The van der Waals surface area contributed by atoms with E-state index < -0.39 is 17.0 Å². The second-order valence-electron chi connectivity index (χ2n) is 14.7. The highest BCUT2D eigenvalue weighted by Gasteiger charge is 2.71. The number of fused-ring (bicyclic) bond motifs is 7. The van der Waals surface area contributed by atoms with Crippen LogP contribution < -0.4 is 0 Å². The van der Waals surface area contributed by atoms with Crippen LogP contribution in [0.2, 0.25) is 0 Å². The molecule has 4 unspecified atom stereocenters. The van der Waals surface area contributed by atoms with Crippen LogP contribution in [-0.2, 0) is 4.79 Å². The third-order valence-corrected chi connectivity index (χ3v) is 13.5. The van der Waals surface area contributed by atoms with Gasteiger partial charge >= 0.3 is 5.97 Å². The van der Waals surface area contributed by atoms with Crippen LogP contribution in [-0.4, -0.2) is 33.0 Å². The van der Waals surface area contributed by atoms with Crippen LogP contribution in [0.1, 0.15) is 106 Å². The van der Waals surface area contributed by atoms with Gasteiger partial charge < -0.3 is 15.3 Å². The maximum Gasteiger partial charge on any atom is 0.310 e. The van der Waals surface area contributed by atoms with Gasteiger partial charge in [-0.3, -0.25) is 4.79 Å². The number of hydrogen-bond donors (Lipinski definition) is 3. The fourth-order valence-electron chi connectivity index (χ4n) is 10.8. The van der Waals surface area contributed by atoms with E-state index in [9.17, 15) is 20.1 Å². The number of carbonyl (C=O) groups is 1. The molecule has 0 aliphatic heterocycles. The number of rotatable bonds is 1. The van der Waals surface area contributed by atoms with Gasteiger partial charge in [-0.05, 0) is 104 Å². The van der Waals surface area contributed by atoms with Crippen LogP contribution in [0.5, 0.6) is 0 Å². The number of carboxylic acids is 1. The second kappa shape index (κ2) is 7.12. The van der Waals surface area contributed by atoms with E-state index in [-0.39, 0.29) is 39.6 Å². The van der Waals surface area contributed by atoms with E-state index in [0.29, 0.717) is 24.7 Å². The predicted octanol–water partition coefficient (Wildman–Crippen LogP) is 6.20. The van der Waals surface area contributed by atoms with Crippen LogP contribution in [0.3, 0.4) is 0 Å². The Labute approximate surface area is 206 Å². The molecule has 0 spiro atoms. The zero-order chi connectivity index (χ0) is 25.1. The van der Waals surface area contributed by atoms with Gasteiger partial charge in [0.05, 0.1) is 17.1 Å². The van der Waals surface area contributed by atoms with Crippen molar-refractivity contribution in [2.45, 2.75) is 118 Å². The Morgan fingerprint density at radius 3 is 2.24 bits per heavy atom. The number of hydrogen-bond acceptors (Lipinski definition) is 3. The molecule has 0 heterocycles. The van der Waals surface area contributed by atoms with Gasteiger partial charge in [-0.2, -0.15) is 0 Å². The zero-order valence-electron chi connectivity index (χ0n) is 22.6. The van der Waals surface area contributed by atoms with Crippen LogP contribution in [0, 0.1) is 50.7 Å². The first-order chi connectivity index (χ1) is 15.6. The smallest absolute Gasteiger partial charge is 0.310 e. The third-order valence-electron chi connectivity index (χ3n) is 13.5. The Kier molecular flexibility index (Phi) is 5.20. The Bertz CT molecular complexity index is 919. The Morgan fingerprint density at radius 1 is 0.912 bits per heavy atom. The Hall–Kier alpha value is -0.870. The molecule has 0 bridgehead atoms. The fourth-order valence-corrected chi connectivity index (χ4v) is 10.8. The Balaban J connectivity index is 1.64. The van der Waals surface area contributed by atoms with Crippen molar-refractivity contribution in [2.24, 2.45) is 50.7 Å². The van der Waals surface area contributed by atoms with Crippen LogP contribution >= 0.6 is 0 Å². The number of carboxylic acid groups (broad SMARTS) is 1. The lowest BCUT2D eigenvalue weighted by molar-refractivity contribution is -0.217. The molecule has 4 saturated carbocycles. The summed E-state index contributed by atoms with van der Waals surface area (Å²) in [7, 11) is 0. The monoisotopic (exact) mass is 472 g/mol. The zero-order valence-corrected chi connectivity index (χ0v) is 22.6. The normalized spacial score (nSPS) is 56.3. The highest BCUT2D eigenvalue weighted by atomic mass is 16.4. The van der Waals surface area contributed by atoms with Gasteiger partial charge in [0, 0.05) is 5.92 Å². The van der Waals surface area contributed by atoms with E-state index in [1.165, 1.54) is 5.57 Å². The highest BCUT2D eigenvalue weighted by molar-refractivity contribution is 5.77. The second-order valence-corrected chi connectivity index (χ2v) is 14.7. The largest absolute Gasteiger partial charge is 0.481 e. The molecule has 5 rings (SSSR count). The molecule has 4 fully saturated rings. The minimum atomic E-state index is -1.01. The molecule has 4 heteroatoms. The van der Waals surface area contributed by atoms with E-state index in [0.717, 1.165) is 44.9 Å². The summed E-state index contributed by atoms with van der Waals surface area (Å²) in [5.41, 5.74) is -0.532. The lowest BCUT2D eigenvalue weighted by Gasteiger charge is -2.71. The van der Waals surface area contributed by atoms with E-state index in [1.807, 2.05) is 6.92 Å². The SMILES string of the molecule is CC1CC[C@]2(C(=O)O)CCC3(C)C(=CCC4[C@@]5(C)CC[C@H](O)C(C)(C)C5CC[C@]43C)[C@@H]2[C@]1(C)O. The van der Waals surface area contributed by atoms with Gasteiger partial charge in [0.15, 0.2) is 0 Å². The fraction of sp³-hybridized carbons (Fsp3) is 0.900. The maximum absolute atomic E-state index is 12.8. The first-order valence-electron chi connectivity index (χ1n) is 13.9. The molecule has 5 aliphatic rings. The van der Waals surface area contributed by atoms with Crippen molar-refractivity contribution >= 4 is 5.97 Å². The van der Waals surface area contributed by atoms with Crippen molar-refractivity contribution in [3.8, 4) is 0 Å². The van der Waals surface area contributed by atoms with Crippen LogP contribution in [0.4, 0.5) is 0 Å². The van der Waals surface area contributed by atoms with Crippen LogP contribution in [0.25, 0.3) is 0 Å². The standard InChI is InChI=1S/C30H48O4/c1-18-10-15-30(24(32)33)17-16-27(5)19(23(30)29(18,7)34)8-9-21-26(4)13-12-22(31)25(2,3)20(26)11-14-28(21,27)6/h8,18,20-23,31,34H,9-17H2,1-7H3,(H,32,33)/t18?,20?,21?,22-,23+,26-,27?,28+,29+,30-/m0/s1. The summed E-state index contributed by atoms with van der Waals surface area (Å²) in [4.78, 5) is 12.8. The summed E-state index contributed by atoms with van der Waals surface area (Å²) in [5, 5.41) is 33.3. The van der Waals surface area contributed by atoms with Crippen molar-refractivity contribution in [1.29, 1.82) is 0 Å². The topological polar surface area (TPSA) is 77.8 Å². The highest BCUT2D eigenvalue weighted by Crippen LogP contribution is 2.76. The van der Waals surface area contributed by atoms with Crippen molar-refractivity contribution in [3.05, 3.63) is 11.6 Å². The summed E-state index contributed by atoms with van der Waals surface area (Å²) in [6.07, 6.45) is 10.3.